The number of nitrogens with one attached hydrogen (secondary N) is 1. The summed E-state index contributed by atoms with van der Waals surface area (Å²) in [5.74, 6) is 0.881. The average Bonchev–Trinajstić information content (AvgIpc) is 2.39. The molecule has 4 heteroatoms. The van der Waals surface area contributed by atoms with Crippen LogP contribution in [0.1, 0.15) is 18.7 Å². The molecule has 0 radical (unpaired) electrons. The molecule has 0 aromatic carbocycles. The number of methoxy groups -OCH3 is 1. The SMILES string of the molecule is COc1ccnc(C(C)N2CCNCC2)c1. The molecule has 1 aromatic rings. The molecule has 88 valence electrons. The van der Waals surface area contributed by atoms with Crippen LogP contribution < -0.4 is 10.1 Å². The summed E-state index contributed by atoms with van der Waals surface area (Å²) < 4.78 is 5.22. The first kappa shape index (κ1) is 11.4. The van der Waals surface area contributed by atoms with Gasteiger partial charge in [-0.3, -0.25) is 9.88 Å². The smallest absolute Gasteiger partial charge is 0.122 e. The third kappa shape index (κ3) is 2.51. The van der Waals surface area contributed by atoms with E-state index in [1.54, 1.807) is 7.11 Å². The van der Waals surface area contributed by atoms with Crippen LogP contribution in [-0.4, -0.2) is 43.2 Å². The topological polar surface area (TPSA) is 37.4 Å². The summed E-state index contributed by atoms with van der Waals surface area (Å²) in [6.45, 7) is 6.50. The van der Waals surface area contributed by atoms with Crippen LogP contribution in [-0.2, 0) is 0 Å². The highest BCUT2D eigenvalue weighted by molar-refractivity contribution is 5.24. The van der Waals surface area contributed by atoms with E-state index < -0.39 is 0 Å². The van der Waals surface area contributed by atoms with E-state index in [4.69, 9.17) is 4.74 Å². The van der Waals surface area contributed by atoms with Gasteiger partial charge in [0.25, 0.3) is 0 Å². The molecule has 0 amide bonds. The van der Waals surface area contributed by atoms with Crippen LogP contribution in [0, 0.1) is 0 Å². The van der Waals surface area contributed by atoms with Crippen molar-refractivity contribution in [2.24, 2.45) is 0 Å². The van der Waals surface area contributed by atoms with Gasteiger partial charge in [0, 0.05) is 44.5 Å². The minimum atomic E-state index is 0.359. The van der Waals surface area contributed by atoms with Gasteiger partial charge < -0.3 is 10.1 Å². The lowest BCUT2D eigenvalue weighted by Crippen LogP contribution is -2.44. The van der Waals surface area contributed by atoms with Crippen LogP contribution in [0.4, 0.5) is 0 Å². The van der Waals surface area contributed by atoms with Gasteiger partial charge in [0.15, 0.2) is 0 Å². The normalized spacial score (nSPS) is 19.4. The zero-order chi connectivity index (χ0) is 11.4. The molecule has 0 aliphatic carbocycles. The molecule has 4 nitrogen and oxygen atoms in total. The Morgan fingerprint density at radius 3 is 2.88 bits per heavy atom. The van der Waals surface area contributed by atoms with Crippen molar-refractivity contribution >= 4 is 0 Å². The molecule has 0 bridgehead atoms. The van der Waals surface area contributed by atoms with Gasteiger partial charge in [0.2, 0.25) is 0 Å². The number of hydrogen-bond donors (Lipinski definition) is 1. The van der Waals surface area contributed by atoms with Gasteiger partial charge in [-0.2, -0.15) is 0 Å². The predicted octanol–water partition coefficient (Wildman–Crippen LogP) is 1.06. The quantitative estimate of drug-likeness (QED) is 0.828. The Morgan fingerprint density at radius 1 is 1.44 bits per heavy atom. The van der Waals surface area contributed by atoms with Crippen molar-refractivity contribution in [1.82, 2.24) is 15.2 Å². The molecule has 0 spiro atoms. The van der Waals surface area contributed by atoms with Crippen molar-refractivity contribution in [3.63, 3.8) is 0 Å². The number of rotatable bonds is 3. The highest BCUT2D eigenvalue weighted by Crippen LogP contribution is 2.21. The van der Waals surface area contributed by atoms with Crippen LogP contribution in [0.2, 0.25) is 0 Å². The van der Waals surface area contributed by atoms with E-state index in [9.17, 15) is 0 Å². The van der Waals surface area contributed by atoms with Gasteiger partial charge in [-0.25, -0.2) is 0 Å². The number of aromatic nitrogens is 1. The molecule has 1 saturated heterocycles. The van der Waals surface area contributed by atoms with Crippen molar-refractivity contribution < 1.29 is 4.74 Å². The highest BCUT2D eigenvalue weighted by atomic mass is 16.5. The summed E-state index contributed by atoms with van der Waals surface area (Å²) in [7, 11) is 1.69. The molecule has 1 N–H and O–H groups in total. The first-order valence-corrected chi connectivity index (χ1v) is 5.76. The van der Waals surface area contributed by atoms with Gasteiger partial charge in [0.1, 0.15) is 5.75 Å². The first-order chi connectivity index (χ1) is 7.81. The summed E-state index contributed by atoms with van der Waals surface area (Å²) >= 11 is 0. The second-order valence-electron chi connectivity index (χ2n) is 4.08. The fourth-order valence-electron chi connectivity index (χ4n) is 2.04. The Bertz CT molecular complexity index is 337. The number of nitrogens with zero attached hydrogens (tertiary/aromatic N) is 2. The molecule has 1 aromatic heterocycles. The third-order valence-electron chi connectivity index (χ3n) is 3.12. The number of hydrogen-bond acceptors (Lipinski definition) is 4. The Morgan fingerprint density at radius 2 is 2.19 bits per heavy atom. The van der Waals surface area contributed by atoms with Crippen LogP contribution in [0.15, 0.2) is 18.3 Å². The third-order valence-corrected chi connectivity index (χ3v) is 3.12. The molecule has 2 heterocycles. The molecule has 1 fully saturated rings. The van der Waals surface area contributed by atoms with Gasteiger partial charge in [-0.1, -0.05) is 0 Å². The minimum absolute atomic E-state index is 0.359. The van der Waals surface area contributed by atoms with Gasteiger partial charge in [-0.05, 0) is 13.0 Å². The maximum atomic E-state index is 5.22. The highest BCUT2D eigenvalue weighted by Gasteiger charge is 2.18. The van der Waals surface area contributed by atoms with Gasteiger partial charge in [-0.15, -0.1) is 0 Å². The summed E-state index contributed by atoms with van der Waals surface area (Å²) in [5.41, 5.74) is 1.08. The molecule has 2 rings (SSSR count). The van der Waals surface area contributed by atoms with Gasteiger partial charge >= 0.3 is 0 Å². The second-order valence-corrected chi connectivity index (χ2v) is 4.08. The standard InChI is InChI=1S/C12H19N3O/c1-10(15-7-5-13-6-8-15)12-9-11(16-2)3-4-14-12/h3-4,9-10,13H,5-8H2,1-2H3. The Balaban J connectivity index is 2.09. The van der Waals surface area contributed by atoms with E-state index in [0.717, 1.165) is 37.6 Å². The van der Waals surface area contributed by atoms with Crippen LogP contribution in [0.3, 0.4) is 0 Å². The first-order valence-electron chi connectivity index (χ1n) is 5.76. The molecule has 1 aliphatic heterocycles. The molecule has 0 saturated carbocycles. The molecular formula is C12H19N3O. The molecular weight excluding hydrogens is 202 g/mol. The van der Waals surface area contributed by atoms with Crippen molar-refractivity contribution in [2.45, 2.75) is 13.0 Å². The van der Waals surface area contributed by atoms with E-state index in [1.807, 2.05) is 18.3 Å². The van der Waals surface area contributed by atoms with Crippen molar-refractivity contribution in [3.05, 3.63) is 24.0 Å². The van der Waals surface area contributed by atoms with Crippen LogP contribution >= 0.6 is 0 Å². The minimum Gasteiger partial charge on any atom is -0.497 e. The summed E-state index contributed by atoms with van der Waals surface area (Å²) in [6.07, 6.45) is 1.81. The summed E-state index contributed by atoms with van der Waals surface area (Å²) in [5, 5.41) is 3.36. The van der Waals surface area contributed by atoms with Gasteiger partial charge in [0.05, 0.1) is 12.8 Å². The average molecular weight is 221 g/mol. The van der Waals surface area contributed by atoms with Crippen LogP contribution in [0.5, 0.6) is 5.75 Å². The van der Waals surface area contributed by atoms with Crippen molar-refractivity contribution in [2.75, 3.05) is 33.3 Å². The molecule has 1 aliphatic rings. The van der Waals surface area contributed by atoms with E-state index in [0.29, 0.717) is 6.04 Å². The number of pyridine rings is 1. The Hall–Kier alpha value is -1.13. The summed E-state index contributed by atoms with van der Waals surface area (Å²) in [4.78, 5) is 6.86. The lowest BCUT2D eigenvalue weighted by molar-refractivity contribution is 0.182. The molecule has 16 heavy (non-hydrogen) atoms. The zero-order valence-electron chi connectivity index (χ0n) is 9.94. The van der Waals surface area contributed by atoms with E-state index >= 15 is 0 Å². The Kier molecular flexibility index (Phi) is 3.74. The predicted molar refractivity (Wildman–Crippen MR) is 63.6 cm³/mol. The lowest BCUT2D eigenvalue weighted by Gasteiger charge is -2.32. The van der Waals surface area contributed by atoms with E-state index in [2.05, 4.69) is 22.1 Å². The zero-order valence-corrected chi connectivity index (χ0v) is 9.94. The van der Waals surface area contributed by atoms with E-state index in [1.165, 1.54) is 0 Å². The second kappa shape index (κ2) is 5.27. The number of ether oxygens (including phenoxy) is 1. The van der Waals surface area contributed by atoms with Crippen LogP contribution in [0.25, 0.3) is 0 Å². The number of piperazine rings is 1. The maximum Gasteiger partial charge on any atom is 0.122 e. The molecule has 1 atom stereocenters. The monoisotopic (exact) mass is 221 g/mol. The summed E-state index contributed by atoms with van der Waals surface area (Å²) in [6, 6.07) is 4.26. The largest absolute Gasteiger partial charge is 0.497 e. The van der Waals surface area contributed by atoms with E-state index in [-0.39, 0.29) is 0 Å². The lowest BCUT2D eigenvalue weighted by atomic mass is 10.1. The fraction of sp³-hybridized carbons (Fsp3) is 0.583. The fourth-order valence-corrected chi connectivity index (χ4v) is 2.04. The van der Waals surface area contributed by atoms with Crippen molar-refractivity contribution in [3.8, 4) is 5.75 Å². The van der Waals surface area contributed by atoms with Crippen molar-refractivity contribution in [1.29, 1.82) is 0 Å². The molecule has 1 unspecified atom stereocenters. The maximum absolute atomic E-state index is 5.22. The Labute approximate surface area is 96.6 Å².